The van der Waals surface area contributed by atoms with Crippen LogP contribution in [0.4, 0.5) is 0 Å². The van der Waals surface area contributed by atoms with E-state index in [1.807, 2.05) is 4.57 Å². The van der Waals surface area contributed by atoms with E-state index in [1.54, 1.807) is 0 Å². The number of thiazole rings is 1. The molecule has 4 fully saturated rings. The molecule has 1 unspecified atom stereocenters. The Hall–Kier alpha value is -1.13. The Morgan fingerprint density at radius 1 is 1.15 bits per heavy atom. The number of hydrogen-bond acceptors (Lipinski definition) is 3. The minimum Gasteiger partial charge on any atom is -0.388 e. The van der Waals surface area contributed by atoms with Gasteiger partial charge in [-0.3, -0.25) is 9.36 Å². The van der Waals surface area contributed by atoms with Crippen LogP contribution in [0.2, 0.25) is 0 Å². The monoisotopic (exact) mass is 385 g/mol. The number of hydrogen-bond donors (Lipinski definition) is 1. The number of aromatic nitrogens is 1. The molecule has 0 aliphatic heterocycles. The average Bonchev–Trinajstić information content (AvgIpc) is 2.95. The second-order valence-corrected chi connectivity index (χ2v) is 10.6. The lowest BCUT2D eigenvalue weighted by molar-refractivity contribution is -0.122. The summed E-state index contributed by atoms with van der Waals surface area (Å²) in [5.74, 6) is 2.51. The third kappa shape index (κ3) is 3.00. The molecule has 1 atom stereocenters. The fourth-order valence-electron chi connectivity index (χ4n) is 6.85. The first-order valence-electron chi connectivity index (χ1n) is 10.9. The second kappa shape index (κ2) is 6.73. The van der Waals surface area contributed by atoms with E-state index in [0.717, 1.165) is 59.3 Å². The normalized spacial score (nSPS) is 33.0. The van der Waals surface area contributed by atoms with Crippen LogP contribution in [0.5, 0.6) is 0 Å². The SMILES string of the molecule is CCCCCn1c(=O)sc2cc(C(O)C34CC5CC(CC(C5)C3)C4)ccc21. The fourth-order valence-corrected chi connectivity index (χ4v) is 7.82. The lowest BCUT2D eigenvalue weighted by Gasteiger charge is -2.58. The number of rotatable bonds is 6. The summed E-state index contributed by atoms with van der Waals surface area (Å²) in [7, 11) is 0. The van der Waals surface area contributed by atoms with Crippen molar-refractivity contribution in [2.45, 2.75) is 77.4 Å². The van der Waals surface area contributed by atoms with Crippen molar-refractivity contribution in [3.8, 4) is 0 Å². The Kier molecular flexibility index (Phi) is 4.47. The third-order valence-electron chi connectivity index (χ3n) is 7.66. The largest absolute Gasteiger partial charge is 0.388 e. The molecule has 1 aromatic heterocycles. The van der Waals surface area contributed by atoms with Crippen molar-refractivity contribution in [2.75, 3.05) is 0 Å². The van der Waals surface area contributed by atoms with Crippen LogP contribution in [-0.4, -0.2) is 9.67 Å². The van der Waals surface area contributed by atoms with Crippen LogP contribution in [0, 0.1) is 23.2 Å². The van der Waals surface area contributed by atoms with Crippen molar-refractivity contribution in [3.63, 3.8) is 0 Å². The Morgan fingerprint density at radius 3 is 2.44 bits per heavy atom. The molecule has 6 rings (SSSR count). The Labute approximate surface area is 165 Å². The molecular formula is C23H31NO2S. The van der Waals surface area contributed by atoms with Crippen molar-refractivity contribution in [1.82, 2.24) is 4.57 Å². The highest BCUT2D eigenvalue weighted by atomic mass is 32.1. The molecule has 4 bridgehead atoms. The number of unbranched alkanes of at least 4 members (excludes halogenated alkanes) is 2. The summed E-state index contributed by atoms with van der Waals surface area (Å²) in [6.07, 6.45) is 10.8. The fraction of sp³-hybridized carbons (Fsp3) is 0.696. The summed E-state index contributed by atoms with van der Waals surface area (Å²) in [5.41, 5.74) is 2.17. The molecule has 4 aliphatic carbocycles. The van der Waals surface area contributed by atoms with E-state index >= 15 is 0 Å². The highest BCUT2D eigenvalue weighted by Gasteiger charge is 2.54. The molecule has 0 saturated heterocycles. The first kappa shape index (κ1) is 17.9. The van der Waals surface area contributed by atoms with Crippen LogP contribution < -0.4 is 4.87 Å². The third-order valence-corrected chi connectivity index (χ3v) is 8.60. The van der Waals surface area contributed by atoms with Gasteiger partial charge in [-0.15, -0.1) is 0 Å². The first-order valence-corrected chi connectivity index (χ1v) is 11.7. The molecule has 0 spiro atoms. The molecule has 4 saturated carbocycles. The molecule has 3 nitrogen and oxygen atoms in total. The van der Waals surface area contributed by atoms with Crippen LogP contribution >= 0.6 is 11.3 Å². The van der Waals surface area contributed by atoms with Gasteiger partial charge in [-0.05, 0) is 80.4 Å². The van der Waals surface area contributed by atoms with Crippen LogP contribution in [0.25, 0.3) is 10.2 Å². The minimum absolute atomic E-state index is 0.0943. The van der Waals surface area contributed by atoms with Gasteiger partial charge in [0.1, 0.15) is 0 Å². The van der Waals surface area contributed by atoms with Crippen molar-refractivity contribution in [3.05, 3.63) is 33.4 Å². The number of nitrogens with zero attached hydrogens (tertiary/aromatic N) is 1. The van der Waals surface area contributed by atoms with Crippen LogP contribution in [0.3, 0.4) is 0 Å². The number of fused-ring (bicyclic) bond motifs is 1. The zero-order valence-electron chi connectivity index (χ0n) is 16.3. The van der Waals surface area contributed by atoms with Gasteiger partial charge in [-0.1, -0.05) is 37.2 Å². The van der Waals surface area contributed by atoms with Gasteiger partial charge in [0, 0.05) is 12.0 Å². The number of aliphatic hydroxyl groups excluding tert-OH is 1. The summed E-state index contributed by atoms with van der Waals surface area (Å²) in [6, 6.07) is 6.29. The summed E-state index contributed by atoms with van der Waals surface area (Å²) >= 11 is 1.34. The molecule has 146 valence electrons. The lowest BCUT2D eigenvalue weighted by atomic mass is 9.47. The maximum atomic E-state index is 12.5. The summed E-state index contributed by atoms with van der Waals surface area (Å²) in [4.78, 5) is 12.6. The van der Waals surface area contributed by atoms with E-state index in [9.17, 15) is 9.90 Å². The second-order valence-electron chi connectivity index (χ2n) is 9.64. The van der Waals surface area contributed by atoms with E-state index in [0.29, 0.717) is 0 Å². The van der Waals surface area contributed by atoms with Crippen molar-refractivity contribution < 1.29 is 5.11 Å². The minimum atomic E-state index is -0.374. The van der Waals surface area contributed by atoms with E-state index in [2.05, 4.69) is 25.1 Å². The molecule has 0 amide bonds. The summed E-state index contributed by atoms with van der Waals surface area (Å²) in [5, 5.41) is 11.4. The zero-order valence-corrected chi connectivity index (χ0v) is 17.1. The molecular weight excluding hydrogens is 354 g/mol. The first-order chi connectivity index (χ1) is 13.1. The average molecular weight is 386 g/mol. The van der Waals surface area contributed by atoms with Gasteiger partial charge in [0.05, 0.1) is 16.3 Å². The topological polar surface area (TPSA) is 42.2 Å². The van der Waals surface area contributed by atoms with Gasteiger partial charge in [-0.2, -0.15) is 0 Å². The van der Waals surface area contributed by atoms with E-state index in [4.69, 9.17) is 0 Å². The van der Waals surface area contributed by atoms with Gasteiger partial charge < -0.3 is 5.11 Å². The maximum absolute atomic E-state index is 12.5. The van der Waals surface area contributed by atoms with Crippen LogP contribution in [0.15, 0.2) is 23.0 Å². The molecule has 1 N–H and O–H groups in total. The Morgan fingerprint density at radius 2 is 1.81 bits per heavy atom. The highest BCUT2D eigenvalue weighted by Crippen LogP contribution is 2.64. The summed E-state index contributed by atoms with van der Waals surface area (Å²) < 4.78 is 2.97. The Bertz CT molecular complexity index is 860. The highest BCUT2D eigenvalue weighted by molar-refractivity contribution is 7.16. The zero-order chi connectivity index (χ0) is 18.6. The number of aryl methyl sites for hydroxylation is 1. The number of aliphatic hydroxyl groups is 1. The van der Waals surface area contributed by atoms with E-state index < -0.39 is 0 Å². The van der Waals surface area contributed by atoms with Gasteiger partial charge in [0.2, 0.25) is 0 Å². The van der Waals surface area contributed by atoms with Gasteiger partial charge >= 0.3 is 4.87 Å². The van der Waals surface area contributed by atoms with Crippen molar-refractivity contribution in [1.29, 1.82) is 0 Å². The quantitative estimate of drug-likeness (QED) is 0.667. The Balaban J connectivity index is 1.44. The maximum Gasteiger partial charge on any atom is 0.308 e. The standard InChI is InChI=1S/C23H31NO2S/c1-2-3-4-7-24-19-6-5-18(11-20(19)27-22(24)26)21(25)23-12-15-8-16(13-23)10-17(9-15)14-23/h5-6,11,15-17,21,25H,2-4,7-10,12-14H2,1H3. The van der Waals surface area contributed by atoms with Crippen LogP contribution in [-0.2, 0) is 6.54 Å². The molecule has 1 heterocycles. The smallest absolute Gasteiger partial charge is 0.308 e. The van der Waals surface area contributed by atoms with Crippen LogP contribution in [0.1, 0.15) is 76.4 Å². The predicted octanol–water partition coefficient (Wildman–Crippen LogP) is 5.50. The molecule has 27 heavy (non-hydrogen) atoms. The van der Waals surface area contributed by atoms with Gasteiger partial charge in [-0.25, -0.2) is 0 Å². The summed E-state index contributed by atoms with van der Waals surface area (Å²) in [6.45, 7) is 3.00. The molecule has 1 aromatic carbocycles. The molecule has 4 aliphatic rings. The lowest BCUT2D eigenvalue weighted by Crippen LogP contribution is -2.48. The van der Waals surface area contributed by atoms with Crippen molar-refractivity contribution in [2.24, 2.45) is 23.2 Å². The molecule has 0 radical (unpaired) electrons. The van der Waals surface area contributed by atoms with Gasteiger partial charge in [0.15, 0.2) is 0 Å². The molecule has 2 aromatic rings. The number of benzene rings is 1. The van der Waals surface area contributed by atoms with Crippen molar-refractivity contribution >= 4 is 21.6 Å². The van der Waals surface area contributed by atoms with E-state index in [1.165, 1.54) is 49.9 Å². The molecule has 4 heteroatoms. The van der Waals surface area contributed by atoms with Gasteiger partial charge in [0.25, 0.3) is 0 Å². The predicted molar refractivity (Wildman–Crippen MR) is 111 cm³/mol. The van der Waals surface area contributed by atoms with E-state index in [-0.39, 0.29) is 16.4 Å².